The number of nitrogens with one attached hydrogen (secondary N) is 1. The molecule has 0 saturated carbocycles. The highest BCUT2D eigenvalue weighted by molar-refractivity contribution is 5.42. The van der Waals surface area contributed by atoms with Gasteiger partial charge >= 0.3 is 0 Å². The van der Waals surface area contributed by atoms with Crippen LogP contribution in [0.15, 0.2) is 36.4 Å². The second kappa shape index (κ2) is 6.58. The van der Waals surface area contributed by atoms with Crippen molar-refractivity contribution in [3.8, 4) is 5.75 Å². The molecule has 0 spiro atoms. The van der Waals surface area contributed by atoms with Crippen LogP contribution in [0.2, 0.25) is 0 Å². The number of benzene rings is 2. The van der Waals surface area contributed by atoms with Crippen LogP contribution in [0.5, 0.6) is 5.75 Å². The molecule has 0 aliphatic heterocycles. The maximum Gasteiger partial charge on any atom is 0.123 e. The zero-order chi connectivity index (χ0) is 14.5. The molecular formula is C18H23NO. The molecule has 2 rings (SSSR count). The van der Waals surface area contributed by atoms with Gasteiger partial charge in [-0.15, -0.1) is 0 Å². The summed E-state index contributed by atoms with van der Waals surface area (Å²) in [6, 6.07) is 12.8. The molecule has 106 valence electrons. The second-order valence-electron chi connectivity index (χ2n) is 5.34. The van der Waals surface area contributed by atoms with Crippen molar-refractivity contribution < 1.29 is 4.74 Å². The van der Waals surface area contributed by atoms with Gasteiger partial charge in [0.25, 0.3) is 0 Å². The Balaban J connectivity index is 2.05. The van der Waals surface area contributed by atoms with Gasteiger partial charge in [0.2, 0.25) is 0 Å². The summed E-state index contributed by atoms with van der Waals surface area (Å²) in [6.07, 6.45) is 0. The molecule has 0 radical (unpaired) electrons. The zero-order valence-corrected chi connectivity index (χ0v) is 12.8. The number of hydrogen-bond acceptors (Lipinski definition) is 2. The van der Waals surface area contributed by atoms with Gasteiger partial charge in [0.15, 0.2) is 0 Å². The van der Waals surface area contributed by atoms with Gasteiger partial charge in [-0.2, -0.15) is 0 Å². The van der Waals surface area contributed by atoms with Crippen molar-refractivity contribution in [1.82, 2.24) is 5.32 Å². The molecule has 0 fully saturated rings. The molecule has 2 aromatic rings. The fourth-order valence-electron chi connectivity index (χ4n) is 2.27. The number of hydrogen-bond donors (Lipinski definition) is 1. The van der Waals surface area contributed by atoms with Crippen molar-refractivity contribution in [3.63, 3.8) is 0 Å². The summed E-state index contributed by atoms with van der Waals surface area (Å²) in [6.45, 7) is 7.86. The molecule has 2 aromatic carbocycles. The Labute approximate surface area is 121 Å². The molecule has 1 N–H and O–H groups in total. The van der Waals surface area contributed by atoms with Gasteiger partial charge < -0.3 is 10.1 Å². The van der Waals surface area contributed by atoms with Gasteiger partial charge in [-0.3, -0.25) is 0 Å². The Hall–Kier alpha value is -1.80. The fourth-order valence-corrected chi connectivity index (χ4v) is 2.27. The monoisotopic (exact) mass is 269 g/mol. The molecular weight excluding hydrogens is 246 g/mol. The molecule has 0 aliphatic carbocycles. The molecule has 0 saturated heterocycles. The molecule has 0 aliphatic rings. The minimum atomic E-state index is 0.615. The van der Waals surface area contributed by atoms with E-state index in [4.69, 9.17) is 4.74 Å². The van der Waals surface area contributed by atoms with Crippen LogP contribution < -0.4 is 10.1 Å². The lowest BCUT2D eigenvalue weighted by atomic mass is 10.1. The van der Waals surface area contributed by atoms with Crippen molar-refractivity contribution in [3.05, 3.63) is 64.2 Å². The summed E-state index contributed by atoms with van der Waals surface area (Å²) in [5, 5.41) is 3.15. The van der Waals surface area contributed by atoms with E-state index in [0.717, 1.165) is 12.3 Å². The third-order valence-electron chi connectivity index (χ3n) is 3.56. The van der Waals surface area contributed by atoms with Crippen molar-refractivity contribution >= 4 is 0 Å². The lowest BCUT2D eigenvalue weighted by molar-refractivity contribution is 0.303. The molecule has 0 atom stereocenters. The van der Waals surface area contributed by atoms with Gasteiger partial charge in [0.1, 0.15) is 12.4 Å². The van der Waals surface area contributed by atoms with E-state index in [1.807, 2.05) is 7.05 Å². The standard InChI is InChI=1S/C18H23NO/c1-13-9-14(2)15(3)18(10-13)20-12-17-7-5-16(6-8-17)11-19-4/h5-10,19H,11-12H2,1-4H3. The summed E-state index contributed by atoms with van der Waals surface area (Å²) in [5.74, 6) is 0.988. The molecule has 2 heteroatoms. The number of rotatable bonds is 5. The van der Waals surface area contributed by atoms with E-state index >= 15 is 0 Å². The first-order chi connectivity index (χ1) is 9.60. The van der Waals surface area contributed by atoms with Crippen molar-refractivity contribution in [2.45, 2.75) is 33.9 Å². The third kappa shape index (κ3) is 3.61. The van der Waals surface area contributed by atoms with Crippen LogP contribution in [-0.2, 0) is 13.2 Å². The molecule has 0 aromatic heterocycles. The van der Waals surface area contributed by atoms with Crippen LogP contribution in [0.1, 0.15) is 27.8 Å². The van der Waals surface area contributed by atoms with Crippen molar-refractivity contribution in [2.24, 2.45) is 0 Å². The quantitative estimate of drug-likeness (QED) is 0.888. The SMILES string of the molecule is CNCc1ccc(COc2cc(C)cc(C)c2C)cc1. The first kappa shape index (κ1) is 14.6. The molecule has 0 unspecified atom stereocenters. The summed E-state index contributed by atoms with van der Waals surface area (Å²) >= 11 is 0. The fraction of sp³-hybridized carbons (Fsp3) is 0.333. The zero-order valence-electron chi connectivity index (χ0n) is 12.8. The van der Waals surface area contributed by atoms with Crippen LogP contribution in [0.3, 0.4) is 0 Å². The smallest absolute Gasteiger partial charge is 0.123 e. The Morgan fingerprint density at radius 1 is 0.950 bits per heavy atom. The Morgan fingerprint density at radius 3 is 2.25 bits per heavy atom. The predicted molar refractivity (Wildman–Crippen MR) is 84.2 cm³/mol. The highest BCUT2D eigenvalue weighted by atomic mass is 16.5. The van der Waals surface area contributed by atoms with Crippen LogP contribution >= 0.6 is 0 Å². The summed E-state index contributed by atoms with van der Waals surface area (Å²) in [4.78, 5) is 0. The number of ether oxygens (including phenoxy) is 1. The molecule has 20 heavy (non-hydrogen) atoms. The Morgan fingerprint density at radius 2 is 1.60 bits per heavy atom. The van der Waals surface area contributed by atoms with Gasteiger partial charge in [-0.05, 0) is 61.7 Å². The lowest BCUT2D eigenvalue weighted by Crippen LogP contribution is -2.05. The van der Waals surface area contributed by atoms with E-state index in [2.05, 4.69) is 62.5 Å². The molecule has 0 heterocycles. The van der Waals surface area contributed by atoms with Gasteiger partial charge in [0, 0.05) is 6.54 Å². The van der Waals surface area contributed by atoms with E-state index in [1.165, 1.54) is 27.8 Å². The Bertz CT molecular complexity index is 573. The lowest BCUT2D eigenvalue weighted by Gasteiger charge is -2.12. The van der Waals surface area contributed by atoms with Gasteiger partial charge in [0.05, 0.1) is 0 Å². The van der Waals surface area contributed by atoms with E-state index in [0.29, 0.717) is 6.61 Å². The van der Waals surface area contributed by atoms with E-state index in [1.54, 1.807) is 0 Å². The van der Waals surface area contributed by atoms with Crippen LogP contribution in [0, 0.1) is 20.8 Å². The number of aryl methyl sites for hydroxylation is 2. The Kier molecular flexibility index (Phi) is 4.80. The maximum atomic E-state index is 5.97. The molecule has 0 amide bonds. The normalized spacial score (nSPS) is 10.6. The maximum absolute atomic E-state index is 5.97. The molecule has 0 bridgehead atoms. The predicted octanol–water partition coefficient (Wildman–Crippen LogP) is 3.91. The van der Waals surface area contributed by atoms with Crippen LogP contribution in [-0.4, -0.2) is 7.05 Å². The average Bonchev–Trinajstić information content (AvgIpc) is 2.43. The van der Waals surface area contributed by atoms with Gasteiger partial charge in [-0.1, -0.05) is 30.3 Å². The van der Waals surface area contributed by atoms with Crippen molar-refractivity contribution in [2.75, 3.05) is 7.05 Å². The minimum Gasteiger partial charge on any atom is -0.489 e. The van der Waals surface area contributed by atoms with E-state index in [9.17, 15) is 0 Å². The first-order valence-electron chi connectivity index (χ1n) is 7.03. The summed E-state index contributed by atoms with van der Waals surface area (Å²) < 4.78 is 5.97. The summed E-state index contributed by atoms with van der Waals surface area (Å²) in [5.41, 5.74) is 6.24. The van der Waals surface area contributed by atoms with E-state index in [-0.39, 0.29) is 0 Å². The van der Waals surface area contributed by atoms with Crippen LogP contribution in [0.25, 0.3) is 0 Å². The van der Waals surface area contributed by atoms with Crippen molar-refractivity contribution in [1.29, 1.82) is 0 Å². The highest BCUT2D eigenvalue weighted by Gasteiger charge is 2.04. The topological polar surface area (TPSA) is 21.3 Å². The molecule has 2 nitrogen and oxygen atoms in total. The largest absolute Gasteiger partial charge is 0.489 e. The van der Waals surface area contributed by atoms with E-state index < -0.39 is 0 Å². The summed E-state index contributed by atoms with van der Waals surface area (Å²) in [7, 11) is 1.96. The van der Waals surface area contributed by atoms with Gasteiger partial charge in [-0.25, -0.2) is 0 Å². The first-order valence-corrected chi connectivity index (χ1v) is 7.03. The minimum absolute atomic E-state index is 0.615. The highest BCUT2D eigenvalue weighted by Crippen LogP contribution is 2.24. The van der Waals surface area contributed by atoms with Crippen LogP contribution in [0.4, 0.5) is 0 Å². The third-order valence-corrected chi connectivity index (χ3v) is 3.56. The second-order valence-corrected chi connectivity index (χ2v) is 5.34. The average molecular weight is 269 g/mol.